The molecule has 0 bridgehead atoms. The van der Waals surface area contributed by atoms with Gasteiger partial charge in [0.15, 0.2) is 0 Å². The van der Waals surface area contributed by atoms with Crippen LogP contribution < -0.4 is 11.1 Å². The van der Waals surface area contributed by atoms with Gasteiger partial charge in [-0.2, -0.15) is 5.10 Å². The monoisotopic (exact) mass is 182 g/mol. The Morgan fingerprint density at radius 1 is 1.77 bits per heavy atom. The average molecular weight is 182 g/mol. The van der Waals surface area contributed by atoms with Crippen molar-refractivity contribution in [3.05, 3.63) is 11.9 Å². The Labute approximate surface area is 76.9 Å². The van der Waals surface area contributed by atoms with Crippen molar-refractivity contribution in [1.82, 2.24) is 9.78 Å². The number of nitrogens with two attached hydrogens (primary N) is 1. The number of nitrogens with one attached hydrogen (secondary N) is 1. The van der Waals surface area contributed by atoms with Crippen molar-refractivity contribution >= 4 is 11.6 Å². The third-order valence-corrected chi connectivity index (χ3v) is 1.91. The van der Waals surface area contributed by atoms with Gasteiger partial charge in [0.25, 0.3) is 0 Å². The van der Waals surface area contributed by atoms with Crippen molar-refractivity contribution in [2.75, 3.05) is 5.32 Å². The molecule has 72 valence electrons. The minimum atomic E-state index is -0.500. The predicted octanol–water partition coefficient (Wildman–Crippen LogP) is 0.0142. The number of hydrogen-bond donors (Lipinski definition) is 2. The fraction of sp³-hybridized carbons (Fsp3) is 0.500. The molecule has 1 amide bonds. The molecule has 1 rings (SSSR count). The van der Waals surface area contributed by atoms with Crippen molar-refractivity contribution in [2.45, 2.75) is 19.9 Å². The highest BCUT2D eigenvalue weighted by Gasteiger charge is 2.10. The summed E-state index contributed by atoms with van der Waals surface area (Å²) in [6.45, 7) is 3.52. The molecular weight excluding hydrogens is 168 g/mol. The van der Waals surface area contributed by atoms with Crippen LogP contribution in [0.2, 0.25) is 0 Å². The molecule has 1 aromatic rings. The molecule has 13 heavy (non-hydrogen) atoms. The molecule has 0 aromatic carbocycles. The van der Waals surface area contributed by atoms with E-state index in [-0.39, 0.29) is 5.91 Å². The molecule has 0 saturated heterocycles. The number of rotatable bonds is 2. The van der Waals surface area contributed by atoms with Gasteiger partial charge in [-0.3, -0.25) is 9.48 Å². The van der Waals surface area contributed by atoms with Crippen molar-refractivity contribution < 1.29 is 4.79 Å². The SMILES string of the molecule is Cc1c(NC(=O)[C@@H](C)N)cnn1C. The summed E-state index contributed by atoms with van der Waals surface area (Å²) >= 11 is 0. The minimum absolute atomic E-state index is 0.198. The molecule has 1 aromatic heterocycles. The van der Waals surface area contributed by atoms with Crippen molar-refractivity contribution in [3.63, 3.8) is 0 Å². The topological polar surface area (TPSA) is 72.9 Å². The zero-order valence-electron chi connectivity index (χ0n) is 8.03. The first kappa shape index (κ1) is 9.73. The molecule has 5 nitrogen and oxygen atoms in total. The van der Waals surface area contributed by atoms with Gasteiger partial charge in [-0.1, -0.05) is 0 Å². The molecule has 0 aliphatic rings. The number of carbonyl (C=O) groups is 1. The van der Waals surface area contributed by atoms with E-state index in [1.54, 1.807) is 17.8 Å². The van der Waals surface area contributed by atoms with Gasteiger partial charge in [0.05, 0.1) is 23.6 Å². The first-order chi connectivity index (χ1) is 6.02. The Hall–Kier alpha value is -1.36. The Balaban J connectivity index is 2.75. The van der Waals surface area contributed by atoms with Crippen molar-refractivity contribution in [2.24, 2.45) is 12.8 Å². The fourth-order valence-electron chi connectivity index (χ4n) is 0.868. The average Bonchev–Trinajstić information content (AvgIpc) is 2.36. The minimum Gasteiger partial charge on any atom is -0.322 e. The van der Waals surface area contributed by atoms with E-state index in [1.165, 1.54) is 0 Å². The van der Waals surface area contributed by atoms with E-state index in [0.717, 1.165) is 5.69 Å². The van der Waals surface area contributed by atoms with Gasteiger partial charge in [0.1, 0.15) is 0 Å². The quantitative estimate of drug-likeness (QED) is 0.677. The maximum Gasteiger partial charge on any atom is 0.241 e. The molecule has 0 spiro atoms. The maximum absolute atomic E-state index is 11.2. The van der Waals surface area contributed by atoms with E-state index >= 15 is 0 Å². The zero-order chi connectivity index (χ0) is 10.0. The van der Waals surface area contributed by atoms with Gasteiger partial charge < -0.3 is 11.1 Å². The second kappa shape index (κ2) is 3.57. The van der Waals surface area contributed by atoms with Crippen LogP contribution in [0, 0.1) is 6.92 Å². The van der Waals surface area contributed by atoms with Gasteiger partial charge in [0.2, 0.25) is 5.91 Å². The van der Waals surface area contributed by atoms with E-state index in [4.69, 9.17) is 5.73 Å². The van der Waals surface area contributed by atoms with Gasteiger partial charge >= 0.3 is 0 Å². The number of aryl methyl sites for hydroxylation is 1. The Morgan fingerprint density at radius 2 is 2.38 bits per heavy atom. The first-order valence-electron chi connectivity index (χ1n) is 4.07. The number of hydrogen-bond acceptors (Lipinski definition) is 3. The number of nitrogens with zero attached hydrogens (tertiary/aromatic N) is 2. The summed E-state index contributed by atoms with van der Waals surface area (Å²) in [5.41, 5.74) is 7.03. The number of aromatic nitrogens is 2. The molecule has 0 aliphatic carbocycles. The van der Waals surface area contributed by atoms with Crippen LogP contribution in [0.4, 0.5) is 5.69 Å². The van der Waals surface area contributed by atoms with E-state index in [0.29, 0.717) is 5.69 Å². The summed E-state index contributed by atoms with van der Waals surface area (Å²) in [5, 5.41) is 6.67. The molecule has 0 fully saturated rings. The lowest BCUT2D eigenvalue weighted by Gasteiger charge is -2.06. The lowest BCUT2D eigenvalue weighted by atomic mass is 10.3. The second-order valence-corrected chi connectivity index (χ2v) is 3.05. The first-order valence-corrected chi connectivity index (χ1v) is 4.07. The van der Waals surface area contributed by atoms with Gasteiger partial charge in [0, 0.05) is 7.05 Å². The van der Waals surface area contributed by atoms with Gasteiger partial charge in [-0.05, 0) is 13.8 Å². The molecule has 5 heteroatoms. The second-order valence-electron chi connectivity index (χ2n) is 3.05. The number of amides is 1. The van der Waals surface area contributed by atoms with Crippen molar-refractivity contribution in [1.29, 1.82) is 0 Å². The summed E-state index contributed by atoms with van der Waals surface area (Å²) < 4.78 is 1.69. The summed E-state index contributed by atoms with van der Waals surface area (Å²) in [5.74, 6) is -0.198. The molecule has 0 aliphatic heterocycles. The summed E-state index contributed by atoms with van der Waals surface area (Å²) in [6, 6.07) is -0.500. The van der Waals surface area contributed by atoms with Crippen molar-refractivity contribution in [3.8, 4) is 0 Å². The Bertz CT molecular complexity index is 316. The molecule has 0 unspecified atom stereocenters. The van der Waals surface area contributed by atoms with Crippen LogP contribution in [0.15, 0.2) is 6.20 Å². The van der Waals surface area contributed by atoms with Crippen LogP contribution in [-0.4, -0.2) is 21.7 Å². The zero-order valence-corrected chi connectivity index (χ0v) is 8.03. The molecule has 1 atom stereocenters. The molecule has 3 N–H and O–H groups in total. The normalized spacial score (nSPS) is 12.6. The lowest BCUT2D eigenvalue weighted by molar-refractivity contribution is -0.117. The highest BCUT2D eigenvalue weighted by Crippen LogP contribution is 2.11. The van der Waals surface area contributed by atoms with E-state index in [2.05, 4.69) is 10.4 Å². The lowest BCUT2D eigenvalue weighted by Crippen LogP contribution is -2.32. The van der Waals surface area contributed by atoms with E-state index in [1.807, 2.05) is 14.0 Å². The predicted molar refractivity (Wildman–Crippen MR) is 50.2 cm³/mol. The molecule has 1 heterocycles. The van der Waals surface area contributed by atoms with Crippen LogP contribution in [0.3, 0.4) is 0 Å². The molecular formula is C8H14N4O. The number of anilines is 1. The highest BCUT2D eigenvalue weighted by atomic mass is 16.2. The van der Waals surface area contributed by atoms with Crippen LogP contribution in [0.5, 0.6) is 0 Å². The molecule has 0 radical (unpaired) electrons. The van der Waals surface area contributed by atoms with Gasteiger partial charge in [-0.15, -0.1) is 0 Å². The van der Waals surface area contributed by atoms with Crippen LogP contribution in [-0.2, 0) is 11.8 Å². The molecule has 0 saturated carbocycles. The van der Waals surface area contributed by atoms with Crippen LogP contribution in [0.25, 0.3) is 0 Å². The van der Waals surface area contributed by atoms with E-state index < -0.39 is 6.04 Å². The summed E-state index contributed by atoms with van der Waals surface area (Å²) in [4.78, 5) is 11.2. The van der Waals surface area contributed by atoms with E-state index in [9.17, 15) is 4.79 Å². The van der Waals surface area contributed by atoms with Crippen LogP contribution in [0.1, 0.15) is 12.6 Å². The Morgan fingerprint density at radius 3 is 2.77 bits per heavy atom. The highest BCUT2D eigenvalue weighted by molar-refractivity contribution is 5.94. The Kier molecular flexibility index (Phi) is 2.67. The largest absolute Gasteiger partial charge is 0.322 e. The number of carbonyl (C=O) groups excluding carboxylic acids is 1. The smallest absolute Gasteiger partial charge is 0.241 e. The standard InChI is InChI=1S/C8H14N4O/c1-5(9)8(13)11-7-4-10-12(3)6(7)2/h4-5H,9H2,1-3H3,(H,11,13)/t5-/m1/s1. The third kappa shape index (κ3) is 2.06. The van der Waals surface area contributed by atoms with Crippen LogP contribution >= 0.6 is 0 Å². The maximum atomic E-state index is 11.2. The summed E-state index contributed by atoms with van der Waals surface area (Å²) in [6.07, 6.45) is 1.61. The van der Waals surface area contributed by atoms with Gasteiger partial charge in [-0.25, -0.2) is 0 Å². The fourth-order valence-corrected chi connectivity index (χ4v) is 0.868. The third-order valence-electron chi connectivity index (χ3n) is 1.91. The summed E-state index contributed by atoms with van der Waals surface area (Å²) in [7, 11) is 1.82.